The number of hydrogen-bond acceptors (Lipinski definition) is 1. The Morgan fingerprint density at radius 1 is 0.815 bits per heavy atom. The van der Waals surface area contributed by atoms with E-state index in [-0.39, 0.29) is 0 Å². The standard InChI is InChI=1S/C26H22S/c1-4-19(17-16-18(2)3)21-12-8-14-23-24-15-9-13-22(26(24)27-25(21)23)20-10-6-5-7-11-20/h4-17H,2H2,1,3H3/b17-16-,19-4+. The normalized spacial score (nSPS) is 12.3. The summed E-state index contributed by atoms with van der Waals surface area (Å²) in [5.41, 5.74) is 6.15. The van der Waals surface area contributed by atoms with Gasteiger partial charge in [0.1, 0.15) is 0 Å². The monoisotopic (exact) mass is 366 g/mol. The predicted molar refractivity (Wildman–Crippen MR) is 122 cm³/mol. The van der Waals surface area contributed by atoms with E-state index >= 15 is 0 Å². The van der Waals surface area contributed by atoms with Gasteiger partial charge in [-0.3, -0.25) is 0 Å². The molecule has 0 N–H and O–H groups in total. The number of hydrogen-bond donors (Lipinski definition) is 0. The minimum absolute atomic E-state index is 1.06. The van der Waals surface area contributed by atoms with Crippen molar-refractivity contribution in [1.29, 1.82) is 0 Å². The van der Waals surface area contributed by atoms with Crippen LogP contribution in [0.5, 0.6) is 0 Å². The second-order valence-electron chi connectivity index (χ2n) is 6.76. The summed E-state index contributed by atoms with van der Waals surface area (Å²) in [5, 5.41) is 2.66. The highest BCUT2D eigenvalue weighted by atomic mass is 32.1. The van der Waals surface area contributed by atoms with E-state index < -0.39 is 0 Å². The molecule has 1 heteroatoms. The molecule has 1 aromatic heterocycles. The lowest BCUT2D eigenvalue weighted by Gasteiger charge is -2.04. The third kappa shape index (κ3) is 3.27. The Kier molecular flexibility index (Phi) is 4.79. The van der Waals surface area contributed by atoms with E-state index in [1.807, 2.05) is 18.3 Å². The van der Waals surface area contributed by atoms with Gasteiger partial charge in [0.05, 0.1) is 0 Å². The fourth-order valence-corrected chi connectivity index (χ4v) is 4.84. The second kappa shape index (κ2) is 7.38. The second-order valence-corrected chi connectivity index (χ2v) is 7.78. The van der Waals surface area contributed by atoms with Gasteiger partial charge in [0, 0.05) is 20.2 Å². The summed E-state index contributed by atoms with van der Waals surface area (Å²) in [5.74, 6) is 0. The number of benzene rings is 3. The first-order valence-corrected chi connectivity index (χ1v) is 10.0. The van der Waals surface area contributed by atoms with Gasteiger partial charge >= 0.3 is 0 Å². The molecule has 0 aliphatic rings. The van der Waals surface area contributed by atoms with Crippen LogP contribution in [0.1, 0.15) is 19.4 Å². The van der Waals surface area contributed by atoms with Crippen LogP contribution in [0, 0.1) is 0 Å². The predicted octanol–water partition coefficient (Wildman–Crippen LogP) is 8.26. The van der Waals surface area contributed by atoms with Crippen molar-refractivity contribution in [3.63, 3.8) is 0 Å². The van der Waals surface area contributed by atoms with Gasteiger partial charge in [-0.1, -0.05) is 97.1 Å². The van der Waals surface area contributed by atoms with Crippen molar-refractivity contribution in [3.05, 3.63) is 103 Å². The van der Waals surface area contributed by atoms with Gasteiger partial charge in [-0.15, -0.1) is 11.3 Å². The van der Waals surface area contributed by atoms with E-state index in [1.165, 1.54) is 42.4 Å². The molecule has 1 heterocycles. The topological polar surface area (TPSA) is 0 Å². The van der Waals surface area contributed by atoms with Gasteiger partial charge in [0.2, 0.25) is 0 Å². The average Bonchev–Trinajstić information content (AvgIpc) is 3.08. The summed E-state index contributed by atoms with van der Waals surface area (Å²) in [7, 11) is 0. The van der Waals surface area contributed by atoms with E-state index in [1.54, 1.807) is 0 Å². The van der Waals surface area contributed by atoms with Crippen LogP contribution < -0.4 is 0 Å². The Bertz CT molecular complexity index is 1190. The molecule has 0 bridgehead atoms. The SMILES string of the molecule is C=C(C)/C=C\C(=C/C)c1cccc2c1sc1c(-c3ccccc3)cccc12. The van der Waals surface area contributed by atoms with Gasteiger partial charge in [0.25, 0.3) is 0 Å². The lowest BCUT2D eigenvalue weighted by atomic mass is 9.99. The Morgan fingerprint density at radius 3 is 2.22 bits per heavy atom. The first-order valence-electron chi connectivity index (χ1n) is 9.19. The summed E-state index contributed by atoms with van der Waals surface area (Å²) < 4.78 is 2.70. The van der Waals surface area contributed by atoms with Crippen LogP contribution in [0.3, 0.4) is 0 Å². The quantitative estimate of drug-likeness (QED) is 0.319. The maximum atomic E-state index is 3.99. The highest BCUT2D eigenvalue weighted by molar-refractivity contribution is 7.26. The van der Waals surface area contributed by atoms with E-state index in [2.05, 4.69) is 98.5 Å². The van der Waals surface area contributed by atoms with Crippen LogP contribution in [-0.2, 0) is 0 Å². The van der Waals surface area contributed by atoms with Crippen molar-refractivity contribution in [2.24, 2.45) is 0 Å². The van der Waals surface area contributed by atoms with Crippen molar-refractivity contribution in [2.45, 2.75) is 13.8 Å². The van der Waals surface area contributed by atoms with Crippen molar-refractivity contribution < 1.29 is 0 Å². The minimum atomic E-state index is 1.06. The number of fused-ring (bicyclic) bond motifs is 3. The minimum Gasteiger partial charge on any atom is -0.134 e. The highest BCUT2D eigenvalue weighted by Gasteiger charge is 2.13. The summed E-state index contributed by atoms with van der Waals surface area (Å²) >= 11 is 1.89. The maximum absolute atomic E-state index is 3.99. The molecular formula is C26H22S. The van der Waals surface area contributed by atoms with E-state index in [0.29, 0.717) is 0 Å². The number of thiophene rings is 1. The molecule has 0 aliphatic heterocycles. The first-order chi connectivity index (χ1) is 13.2. The Labute approximate surface area is 164 Å². The molecule has 0 aliphatic carbocycles. The highest BCUT2D eigenvalue weighted by Crippen LogP contribution is 2.42. The summed E-state index contributed by atoms with van der Waals surface area (Å²) in [4.78, 5) is 0. The number of allylic oxidation sites excluding steroid dienone is 5. The zero-order chi connectivity index (χ0) is 18.8. The molecule has 0 saturated heterocycles. The molecule has 0 amide bonds. The van der Waals surface area contributed by atoms with Gasteiger partial charge in [-0.25, -0.2) is 0 Å². The zero-order valence-electron chi connectivity index (χ0n) is 15.7. The molecule has 3 aromatic carbocycles. The molecule has 0 radical (unpaired) electrons. The van der Waals surface area contributed by atoms with Crippen molar-refractivity contribution in [1.82, 2.24) is 0 Å². The fraction of sp³-hybridized carbons (Fsp3) is 0.0769. The lowest BCUT2D eigenvalue weighted by Crippen LogP contribution is -1.81. The molecule has 0 fully saturated rings. The summed E-state index contributed by atoms with van der Waals surface area (Å²) in [6.45, 7) is 8.11. The van der Waals surface area contributed by atoms with E-state index in [4.69, 9.17) is 0 Å². The van der Waals surface area contributed by atoms with Crippen LogP contribution in [0.25, 0.3) is 36.9 Å². The largest absolute Gasteiger partial charge is 0.134 e. The fourth-order valence-electron chi connectivity index (χ4n) is 3.47. The maximum Gasteiger partial charge on any atom is 0.0434 e. The smallest absolute Gasteiger partial charge is 0.0434 e. The van der Waals surface area contributed by atoms with Crippen molar-refractivity contribution in [3.8, 4) is 11.1 Å². The Balaban J connectivity index is 1.98. The molecule has 132 valence electrons. The summed E-state index contributed by atoms with van der Waals surface area (Å²) in [6, 6.07) is 23.9. The van der Waals surface area contributed by atoms with E-state index in [0.717, 1.165) is 5.57 Å². The molecule has 4 aromatic rings. The summed E-state index contributed by atoms with van der Waals surface area (Å²) in [6.07, 6.45) is 6.42. The molecule has 0 nitrogen and oxygen atoms in total. The van der Waals surface area contributed by atoms with Gasteiger partial charge in [-0.2, -0.15) is 0 Å². The van der Waals surface area contributed by atoms with Crippen molar-refractivity contribution in [2.75, 3.05) is 0 Å². The van der Waals surface area contributed by atoms with Crippen molar-refractivity contribution >= 4 is 37.1 Å². The number of rotatable bonds is 4. The molecule has 0 saturated carbocycles. The molecular weight excluding hydrogens is 344 g/mol. The molecule has 0 spiro atoms. The van der Waals surface area contributed by atoms with Crippen LogP contribution in [0.4, 0.5) is 0 Å². The average molecular weight is 367 g/mol. The molecule has 27 heavy (non-hydrogen) atoms. The zero-order valence-corrected chi connectivity index (χ0v) is 16.5. The molecule has 4 rings (SSSR count). The van der Waals surface area contributed by atoms with Crippen LogP contribution in [0.15, 0.2) is 97.1 Å². The van der Waals surface area contributed by atoms with Gasteiger partial charge in [-0.05, 0) is 36.1 Å². The molecule has 0 atom stereocenters. The third-order valence-corrected chi connectivity index (χ3v) is 6.07. The van der Waals surface area contributed by atoms with Gasteiger partial charge in [0.15, 0.2) is 0 Å². The van der Waals surface area contributed by atoms with Crippen LogP contribution in [-0.4, -0.2) is 0 Å². The van der Waals surface area contributed by atoms with Crippen LogP contribution >= 0.6 is 11.3 Å². The molecule has 0 unspecified atom stereocenters. The van der Waals surface area contributed by atoms with Gasteiger partial charge < -0.3 is 0 Å². The Hall–Kier alpha value is -2.90. The third-order valence-electron chi connectivity index (χ3n) is 4.78. The van der Waals surface area contributed by atoms with E-state index in [9.17, 15) is 0 Å². The first kappa shape index (κ1) is 17.5. The van der Waals surface area contributed by atoms with Crippen LogP contribution in [0.2, 0.25) is 0 Å². The lowest BCUT2D eigenvalue weighted by molar-refractivity contribution is 1.56. The Morgan fingerprint density at radius 2 is 1.52 bits per heavy atom.